The summed E-state index contributed by atoms with van der Waals surface area (Å²) in [5, 5.41) is 6.02. The highest BCUT2D eigenvalue weighted by atomic mass is 79.9. The van der Waals surface area contributed by atoms with Crippen molar-refractivity contribution >= 4 is 32.6 Å². The van der Waals surface area contributed by atoms with Crippen molar-refractivity contribution in [2.24, 2.45) is 0 Å². The highest BCUT2D eigenvalue weighted by Crippen LogP contribution is 2.25. The molecule has 0 bridgehead atoms. The Morgan fingerprint density at radius 2 is 2.10 bits per heavy atom. The van der Waals surface area contributed by atoms with Gasteiger partial charge in [0, 0.05) is 22.6 Å². The van der Waals surface area contributed by atoms with Gasteiger partial charge in [-0.2, -0.15) is 0 Å². The lowest BCUT2D eigenvalue weighted by Gasteiger charge is -2.07. The first-order valence-corrected chi connectivity index (χ1v) is 6.75. The maximum Gasteiger partial charge on any atom is 0.348 e. The number of rotatable bonds is 1. The Morgan fingerprint density at radius 1 is 1.24 bits per heavy atom. The standard InChI is InChI=1S/C12H7BrN6O2/c13-7-3-6(18-2-1-14-5-18)4-8-9(7)15-11(20)10-16-17-12(21)19(8)10/h1-5H,(H,15,20)(H,17,21). The van der Waals surface area contributed by atoms with Crippen LogP contribution in [0.1, 0.15) is 0 Å². The SMILES string of the molecule is O=c1[nH]c2c(Br)cc(-n3ccnc3)cc2n2c(=O)[nH]nc12. The molecule has 3 heterocycles. The number of imidazole rings is 1. The molecule has 8 nitrogen and oxygen atoms in total. The fraction of sp³-hybridized carbons (Fsp3) is 0. The lowest BCUT2D eigenvalue weighted by atomic mass is 10.2. The average molecular weight is 347 g/mol. The number of aromatic amines is 2. The van der Waals surface area contributed by atoms with Crippen molar-refractivity contribution in [1.82, 2.24) is 29.1 Å². The molecule has 0 aliphatic rings. The van der Waals surface area contributed by atoms with Gasteiger partial charge >= 0.3 is 5.69 Å². The van der Waals surface area contributed by atoms with E-state index in [4.69, 9.17) is 0 Å². The summed E-state index contributed by atoms with van der Waals surface area (Å²) < 4.78 is 3.71. The molecular formula is C12H7BrN6O2. The van der Waals surface area contributed by atoms with Crippen LogP contribution in [0.25, 0.3) is 22.4 Å². The lowest BCUT2D eigenvalue weighted by Crippen LogP contribution is -2.17. The Kier molecular flexibility index (Phi) is 2.39. The molecule has 4 aromatic rings. The molecule has 4 rings (SSSR count). The van der Waals surface area contributed by atoms with Crippen LogP contribution in [-0.4, -0.2) is 29.1 Å². The van der Waals surface area contributed by atoms with Crippen LogP contribution in [0.15, 0.2) is 44.9 Å². The number of H-pyrrole nitrogens is 2. The molecule has 9 heteroatoms. The van der Waals surface area contributed by atoms with Gasteiger partial charge in [0.15, 0.2) is 0 Å². The minimum Gasteiger partial charge on any atom is -0.316 e. The molecule has 104 valence electrons. The fourth-order valence-electron chi connectivity index (χ4n) is 2.28. The smallest absolute Gasteiger partial charge is 0.316 e. The van der Waals surface area contributed by atoms with E-state index in [1.807, 2.05) is 6.07 Å². The molecule has 0 radical (unpaired) electrons. The third-order valence-corrected chi connectivity index (χ3v) is 3.84. The molecule has 0 unspecified atom stereocenters. The van der Waals surface area contributed by atoms with Crippen molar-refractivity contribution in [1.29, 1.82) is 0 Å². The number of fused-ring (bicyclic) bond motifs is 3. The van der Waals surface area contributed by atoms with E-state index in [-0.39, 0.29) is 5.65 Å². The highest BCUT2D eigenvalue weighted by Gasteiger charge is 2.13. The number of aromatic nitrogens is 6. The van der Waals surface area contributed by atoms with E-state index in [2.05, 4.69) is 36.1 Å². The first-order chi connectivity index (χ1) is 10.1. The zero-order chi connectivity index (χ0) is 14.6. The maximum atomic E-state index is 11.9. The van der Waals surface area contributed by atoms with Crippen LogP contribution in [0.3, 0.4) is 0 Å². The molecule has 0 fully saturated rings. The lowest BCUT2D eigenvalue weighted by molar-refractivity contribution is 1.03. The van der Waals surface area contributed by atoms with E-state index in [0.717, 1.165) is 5.69 Å². The van der Waals surface area contributed by atoms with Gasteiger partial charge in [-0.1, -0.05) is 0 Å². The van der Waals surface area contributed by atoms with E-state index >= 15 is 0 Å². The number of halogens is 1. The molecule has 0 aliphatic carbocycles. The molecular weight excluding hydrogens is 340 g/mol. The summed E-state index contributed by atoms with van der Waals surface area (Å²) in [6, 6.07) is 3.61. The van der Waals surface area contributed by atoms with Gasteiger partial charge in [0.05, 0.1) is 17.4 Å². The number of hydrogen-bond donors (Lipinski definition) is 2. The molecule has 0 saturated heterocycles. The van der Waals surface area contributed by atoms with Gasteiger partial charge in [0.25, 0.3) is 5.56 Å². The third kappa shape index (κ3) is 1.67. The predicted molar refractivity (Wildman–Crippen MR) is 78.8 cm³/mol. The van der Waals surface area contributed by atoms with Gasteiger partial charge in [-0.15, -0.1) is 5.10 Å². The highest BCUT2D eigenvalue weighted by molar-refractivity contribution is 9.10. The second-order valence-corrected chi connectivity index (χ2v) is 5.29. The van der Waals surface area contributed by atoms with Crippen molar-refractivity contribution in [2.45, 2.75) is 0 Å². The molecule has 21 heavy (non-hydrogen) atoms. The Bertz CT molecular complexity index is 1090. The second-order valence-electron chi connectivity index (χ2n) is 4.43. The van der Waals surface area contributed by atoms with Crippen LogP contribution < -0.4 is 11.2 Å². The summed E-state index contributed by atoms with van der Waals surface area (Å²) in [4.78, 5) is 30.6. The van der Waals surface area contributed by atoms with Crippen molar-refractivity contribution < 1.29 is 0 Å². The number of nitrogens with zero attached hydrogens (tertiary/aromatic N) is 4. The zero-order valence-corrected chi connectivity index (χ0v) is 12.0. The normalized spacial score (nSPS) is 11.5. The Labute approximate surface area is 124 Å². The molecule has 2 N–H and O–H groups in total. The molecule has 0 atom stereocenters. The predicted octanol–water partition coefficient (Wildman–Crippen LogP) is 0.812. The van der Waals surface area contributed by atoms with Crippen LogP contribution in [-0.2, 0) is 0 Å². The van der Waals surface area contributed by atoms with Crippen molar-refractivity contribution in [3.63, 3.8) is 0 Å². The maximum absolute atomic E-state index is 11.9. The summed E-state index contributed by atoms with van der Waals surface area (Å²) >= 11 is 3.42. The Morgan fingerprint density at radius 3 is 2.86 bits per heavy atom. The van der Waals surface area contributed by atoms with Crippen LogP contribution in [0, 0.1) is 0 Å². The number of nitrogens with one attached hydrogen (secondary N) is 2. The van der Waals surface area contributed by atoms with Crippen LogP contribution in [0.4, 0.5) is 0 Å². The van der Waals surface area contributed by atoms with Gasteiger partial charge in [-0.25, -0.2) is 19.3 Å². The first-order valence-electron chi connectivity index (χ1n) is 5.96. The number of hydrogen-bond acceptors (Lipinski definition) is 4. The van der Waals surface area contributed by atoms with Crippen molar-refractivity contribution in [3.05, 3.63) is 56.2 Å². The summed E-state index contributed by atoms with van der Waals surface area (Å²) in [5.74, 6) is 0. The van der Waals surface area contributed by atoms with Crippen molar-refractivity contribution in [3.8, 4) is 5.69 Å². The van der Waals surface area contributed by atoms with E-state index in [1.165, 1.54) is 4.40 Å². The van der Waals surface area contributed by atoms with Gasteiger partial charge in [-0.05, 0) is 28.1 Å². The van der Waals surface area contributed by atoms with E-state index < -0.39 is 11.2 Å². The number of benzene rings is 1. The molecule has 1 aromatic carbocycles. The third-order valence-electron chi connectivity index (χ3n) is 3.21. The minimum absolute atomic E-state index is 0.0298. The summed E-state index contributed by atoms with van der Waals surface area (Å²) in [5.41, 5.74) is 1.00. The molecule has 0 amide bonds. The quantitative estimate of drug-likeness (QED) is 0.532. The average Bonchev–Trinajstić information content (AvgIpc) is 3.10. The molecule has 0 spiro atoms. The Balaban J connectivity index is 2.24. The van der Waals surface area contributed by atoms with Gasteiger partial charge in [0.2, 0.25) is 5.65 Å². The van der Waals surface area contributed by atoms with Crippen LogP contribution >= 0.6 is 15.9 Å². The van der Waals surface area contributed by atoms with Gasteiger partial charge < -0.3 is 9.55 Å². The van der Waals surface area contributed by atoms with E-state index in [0.29, 0.717) is 15.5 Å². The molecule has 0 aliphatic heterocycles. The van der Waals surface area contributed by atoms with Crippen LogP contribution in [0.5, 0.6) is 0 Å². The van der Waals surface area contributed by atoms with E-state index in [1.54, 1.807) is 29.4 Å². The Hall–Kier alpha value is -2.68. The van der Waals surface area contributed by atoms with E-state index in [9.17, 15) is 9.59 Å². The van der Waals surface area contributed by atoms with Crippen LogP contribution in [0.2, 0.25) is 0 Å². The summed E-state index contributed by atoms with van der Waals surface area (Å²) in [6.07, 6.45) is 5.09. The zero-order valence-electron chi connectivity index (χ0n) is 10.4. The van der Waals surface area contributed by atoms with Gasteiger partial charge in [-0.3, -0.25) is 4.79 Å². The summed E-state index contributed by atoms with van der Waals surface area (Å²) in [7, 11) is 0. The largest absolute Gasteiger partial charge is 0.348 e. The molecule has 3 aromatic heterocycles. The summed E-state index contributed by atoms with van der Waals surface area (Å²) in [6.45, 7) is 0. The second kappa shape index (κ2) is 4.16. The van der Waals surface area contributed by atoms with Gasteiger partial charge in [0.1, 0.15) is 0 Å². The fourth-order valence-corrected chi connectivity index (χ4v) is 2.82. The van der Waals surface area contributed by atoms with Crippen molar-refractivity contribution in [2.75, 3.05) is 0 Å². The topological polar surface area (TPSA) is 101 Å². The minimum atomic E-state index is -0.462. The first kappa shape index (κ1) is 12.1. The monoisotopic (exact) mass is 346 g/mol. The molecule has 0 saturated carbocycles.